The van der Waals surface area contributed by atoms with E-state index in [0.717, 1.165) is 11.5 Å². The van der Waals surface area contributed by atoms with E-state index < -0.39 is 7.82 Å². The largest absolute Gasteiger partial charge is 0.485 e. The maximum Gasteiger partial charge on any atom is 0.469 e. The molecule has 20 heavy (non-hydrogen) atoms. The van der Waals surface area contributed by atoms with Crippen LogP contribution in [0, 0.1) is 0 Å². The van der Waals surface area contributed by atoms with Crippen LogP contribution in [0.3, 0.4) is 0 Å². The molecule has 1 aromatic rings. The molecule has 9 heteroatoms. The molecule has 2 rings (SSSR count). The summed E-state index contributed by atoms with van der Waals surface area (Å²) >= 11 is 1.61. The van der Waals surface area contributed by atoms with Gasteiger partial charge in [0, 0.05) is 10.8 Å². The molecule has 0 atom stereocenters. The first kappa shape index (κ1) is 17.4. The first-order valence-corrected chi connectivity index (χ1v) is 8.47. The fraction of sp³-hybridized carbons (Fsp3) is 0.636. The fourth-order valence-corrected chi connectivity index (χ4v) is 2.22. The quantitative estimate of drug-likeness (QED) is 0.641. The van der Waals surface area contributed by atoms with Gasteiger partial charge in [-0.2, -0.15) is 0 Å². The molecule has 0 saturated carbocycles. The van der Waals surface area contributed by atoms with Crippen LogP contribution < -0.4 is 9.47 Å². The summed E-state index contributed by atoms with van der Waals surface area (Å²) in [4.78, 5) is 16.6. The number of thiophene rings is 1. The molecule has 0 aliphatic carbocycles. The van der Waals surface area contributed by atoms with Crippen LogP contribution in [0.2, 0.25) is 0 Å². The van der Waals surface area contributed by atoms with Gasteiger partial charge in [-0.1, -0.05) is 0 Å². The summed E-state index contributed by atoms with van der Waals surface area (Å²) in [6.07, 6.45) is 0. The van der Waals surface area contributed by atoms with Gasteiger partial charge in [-0.05, 0) is 0 Å². The minimum Gasteiger partial charge on any atom is -0.485 e. The number of hydrogen-bond acceptors (Lipinski definition) is 5. The van der Waals surface area contributed by atoms with Crippen molar-refractivity contribution in [1.82, 2.24) is 0 Å². The van der Waals surface area contributed by atoms with Gasteiger partial charge in [-0.25, -0.2) is 4.57 Å². The Hall–Kier alpha value is -0.630. The van der Waals surface area contributed by atoms with Gasteiger partial charge in [0.25, 0.3) is 0 Å². The molecule has 0 fully saturated rings. The van der Waals surface area contributed by atoms with Gasteiger partial charge in [0.1, 0.15) is 26.4 Å². The lowest BCUT2D eigenvalue weighted by atomic mass is 10.5. The molecule has 7 nitrogen and oxygen atoms in total. The lowest BCUT2D eigenvalue weighted by Gasteiger charge is -2.23. The molecular weight excluding hydrogens is 305 g/mol. The van der Waals surface area contributed by atoms with Gasteiger partial charge in [0.2, 0.25) is 0 Å². The summed E-state index contributed by atoms with van der Waals surface area (Å²) in [5, 5.41) is 3.91. The first-order valence-electron chi connectivity index (χ1n) is 6.00. The van der Waals surface area contributed by atoms with Crippen LogP contribution in [-0.2, 0) is 9.09 Å². The minimum atomic E-state index is -4.26. The summed E-state index contributed by atoms with van der Waals surface area (Å²) in [5.41, 5.74) is 0. The topological polar surface area (TPSA) is 85.2 Å². The van der Waals surface area contributed by atoms with Gasteiger partial charge < -0.3 is 23.7 Å². The molecule has 2 N–H and O–H groups in total. The van der Waals surface area contributed by atoms with Gasteiger partial charge in [0.15, 0.2) is 11.5 Å². The van der Waals surface area contributed by atoms with Crippen LogP contribution in [0.4, 0.5) is 0 Å². The Kier molecular flexibility index (Phi) is 6.44. The number of phosphoric acid groups is 1. The number of quaternary nitrogens is 1. The van der Waals surface area contributed by atoms with E-state index in [9.17, 15) is 4.57 Å². The van der Waals surface area contributed by atoms with Crippen molar-refractivity contribution in [2.45, 2.75) is 0 Å². The zero-order chi connectivity index (χ0) is 15.2. The maximum absolute atomic E-state index is 10.2. The molecule has 0 spiro atoms. The summed E-state index contributed by atoms with van der Waals surface area (Å²) < 4.78 is 25.6. The van der Waals surface area contributed by atoms with Crippen LogP contribution >= 0.6 is 19.2 Å². The van der Waals surface area contributed by atoms with E-state index in [0.29, 0.717) is 24.2 Å². The van der Waals surface area contributed by atoms with Gasteiger partial charge in [-0.15, -0.1) is 11.3 Å². The highest BCUT2D eigenvalue weighted by Gasteiger charge is 2.16. The number of nitrogens with zero attached hydrogens (tertiary/aromatic N) is 1. The molecule has 2 heterocycles. The second-order valence-corrected chi connectivity index (χ2v) is 7.12. The molecule has 116 valence electrons. The van der Waals surface area contributed by atoms with Gasteiger partial charge >= 0.3 is 7.82 Å². The van der Waals surface area contributed by atoms with E-state index in [1.165, 1.54) is 0 Å². The second kappa shape index (κ2) is 7.40. The molecule has 0 aromatic carbocycles. The summed E-state index contributed by atoms with van der Waals surface area (Å²) in [6.45, 7) is 2.02. The number of likely N-dealkylation sites (N-methyl/N-ethyl adjacent to an activating group) is 1. The van der Waals surface area contributed by atoms with Crippen molar-refractivity contribution in [3.8, 4) is 11.5 Å². The predicted molar refractivity (Wildman–Crippen MR) is 76.2 cm³/mol. The van der Waals surface area contributed by atoms with Crippen LogP contribution in [0.5, 0.6) is 11.5 Å². The Morgan fingerprint density at radius 1 is 1.25 bits per heavy atom. The van der Waals surface area contributed by atoms with Crippen LogP contribution in [0.25, 0.3) is 0 Å². The Bertz CT molecular complexity index is 432. The van der Waals surface area contributed by atoms with Crippen molar-refractivity contribution in [3.05, 3.63) is 10.8 Å². The standard InChI is InChI=1S/C6H6O2S.C5H14NO4P/c1-2-8-6-4-9-3-5(6)7-1;1-6(2,3)4-5-10-11(7,8)9/h3-4H,1-2H2;4-5H2,1-3H3,(H-,7,8,9)/p+1. The third kappa shape index (κ3) is 7.84. The summed E-state index contributed by atoms with van der Waals surface area (Å²) in [5.74, 6) is 1.79. The Labute approximate surface area is 122 Å². The summed E-state index contributed by atoms with van der Waals surface area (Å²) in [6, 6.07) is 0. The highest BCUT2D eigenvalue weighted by atomic mass is 32.1. The van der Waals surface area contributed by atoms with Crippen molar-refractivity contribution >= 4 is 19.2 Å². The highest BCUT2D eigenvalue weighted by Crippen LogP contribution is 2.35. The molecule has 0 bridgehead atoms. The molecule has 0 saturated heterocycles. The maximum atomic E-state index is 10.2. The SMILES string of the molecule is C[N+](C)(C)CCOP(=O)(O)O.c1scc2c1OCCO2. The van der Waals surface area contributed by atoms with E-state index in [4.69, 9.17) is 19.3 Å². The number of ether oxygens (including phenoxy) is 2. The molecule has 1 aliphatic heterocycles. The van der Waals surface area contributed by atoms with E-state index in [1.807, 2.05) is 31.9 Å². The van der Waals surface area contributed by atoms with Crippen molar-refractivity contribution in [3.63, 3.8) is 0 Å². The number of hydrogen-bond donors (Lipinski definition) is 2. The van der Waals surface area contributed by atoms with Crippen molar-refractivity contribution in [2.24, 2.45) is 0 Å². The number of rotatable bonds is 4. The number of fused-ring (bicyclic) bond motifs is 1. The number of phosphoric ester groups is 1. The van der Waals surface area contributed by atoms with Gasteiger partial charge in [0.05, 0.1) is 21.1 Å². The van der Waals surface area contributed by atoms with E-state index >= 15 is 0 Å². The Balaban J connectivity index is 0.000000202. The van der Waals surface area contributed by atoms with Crippen LogP contribution in [0.1, 0.15) is 0 Å². The lowest BCUT2D eigenvalue weighted by Crippen LogP contribution is -2.37. The van der Waals surface area contributed by atoms with E-state index in [-0.39, 0.29) is 6.61 Å². The smallest absolute Gasteiger partial charge is 0.469 e. The van der Waals surface area contributed by atoms with Crippen molar-refractivity contribution in [1.29, 1.82) is 0 Å². The van der Waals surface area contributed by atoms with E-state index in [2.05, 4.69) is 4.52 Å². The highest BCUT2D eigenvalue weighted by molar-refractivity contribution is 7.46. The fourth-order valence-electron chi connectivity index (χ4n) is 1.22. The molecular formula is C11H21NO6PS+. The third-order valence-electron chi connectivity index (χ3n) is 2.21. The molecule has 1 aliphatic rings. The average molecular weight is 326 g/mol. The molecule has 0 unspecified atom stereocenters. The monoisotopic (exact) mass is 326 g/mol. The van der Waals surface area contributed by atoms with Crippen LogP contribution in [-0.4, -0.2) is 61.8 Å². The predicted octanol–water partition coefficient (Wildman–Crippen LogP) is 1.32. The minimum absolute atomic E-state index is 0.0772. The Morgan fingerprint density at radius 3 is 2.15 bits per heavy atom. The Morgan fingerprint density at radius 2 is 1.75 bits per heavy atom. The van der Waals surface area contributed by atoms with Crippen LogP contribution in [0.15, 0.2) is 10.8 Å². The normalized spacial score (nSPS) is 14.4. The zero-order valence-electron chi connectivity index (χ0n) is 11.8. The molecule has 1 aromatic heterocycles. The summed E-state index contributed by atoms with van der Waals surface area (Å²) in [7, 11) is 1.50. The van der Waals surface area contributed by atoms with E-state index in [1.54, 1.807) is 11.3 Å². The molecule has 0 radical (unpaired) electrons. The second-order valence-electron chi connectivity index (χ2n) is 5.13. The first-order chi connectivity index (χ1) is 9.17. The third-order valence-corrected chi connectivity index (χ3v) is 3.43. The molecule has 0 amide bonds. The van der Waals surface area contributed by atoms with Crippen molar-refractivity contribution < 1.29 is 32.8 Å². The zero-order valence-corrected chi connectivity index (χ0v) is 13.5. The lowest BCUT2D eigenvalue weighted by molar-refractivity contribution is -0.870. The van der Waals surface area contributed by atoms with Gasteiger partial charge in [-0.3, -0.25) is 4.52 Å². The van der Waals surface area contributed by atoms with Crippen molar-refractivity contribution in [2.75, 3.05) is 47.5 Å². The average Bonchev–Trinajstić information content (AvgIpc) is 2.73.